The van der Waals surface area contributed by atoms with Crippen molar-refractivity contribution in [1.82, 2.24) is 10.2 Å². The van der Waals surface area contributed by atoms with Gasteiger partial charge in [-0.2, -0.15) is 0 Å². The zero-order valence-electron chi connectivity index (χ0n) is 16.3. The number of aromatic nitrogens is 2. The van der Waals surface area contributed by atoms with Gasteiger partial charge in [0, 0.05) is 19.2 Å². The van der Waals surface area contributed by atoms with E-state index >= 15 is 0 Å². The molecule has 0 amide bonds. The zero-order valence-corrected chi connectivity index (χ0v) is 19.4. The van der Waals surface area contributed by atoms with Gasteiger partial charge in [-0.25, -0.2) is 4.21 Å². The summed E-state index contributed by atoms with van der Waals surface area (Å²) in [4.78, 5) is 2.17. The number of nitrogen functional groups attached to an aromatic ring is 1. The maximum atomic E-state index is 12.1. The predicted molar refractivity (Wildman–Crippen MR) is 121 cm³/mol. The van der Waals surface area contributed by atoms with E-state index in [-0.39, 0.29) is 17.6 Å². The minimum absolute atomic E-state index is 0.0612. The maximum absolute atomic E-state index is 12.1. The zero-order chi connectivity index (χ0) is 21.3. The molecular weight excluding hydrogens is 453 g/mol. The molecule has 0 radical (unpaired) electrons. The molecule has 1 aliphatic rings. The van der Waals surface area contributed by atoms with Crippen LogP contribution in [0.25, 0.3) is 0 Å². The first-order valence-corrected chi connectivity index (χ1v) is 12.0. The summed E-state index contributed by atoms with van der Waals surface area (Å²) in [7, 11) is -1.51. The van der Waals surface area contributed by atoms with Crippen LogP contribution in [0.3, 0.4) is 0 Å². The molecule has 0 saturated carbocycles. The van der Waals surface area contributed by atoms with Gasteiger partial charge in [-0.1, -0.05) is 34.5 Å². The molecule has 160 valence electrons. The minimum atomic E-state index is -1.51. The Morgan fingerprint density at radius 2 is 1.93 bits per heavy atom. The summed E-state index contributed by atoms with van der Waals surface area (Å²) < 4.78 is 11.5. The van der Waals surface area contributed by atoms with Crippen LogP contribution in [-0.4, -0.2) is 37.3 Å². The van der Waals surface area contributed by atoms with E-state index in [1.165, 1.54) is 17.4 Å². The highest BCUT2D eigenvalue weighted by atomic mass is 35.5. The number of piperidine rings is 1. The number of phenolic OH excluding ortho intramolecular Hbond substituents is 1. The molecule has 0 bridgehead atoms. The van der Waals surface area contributed by atoms with Crippen LogP contribution in [0, 0.1) is 5.92 Å². The third-order valence-corrected chi connectivity index (χ3v) is 8.33. The smallest absolute Gasteiger partial charge is 0.209 e. The van der Waals surface area contributed by atoms with Gasteiger partial charge in [-0.3, -0.25) is 5.14 Å². The largest absolute Gasteiger partial charge is 0.508 e. The molecule has 5 N–H and O–H groups in total. The third kappa shape index (κ3) is 5.14. The molecule has 1 aromatic heterocycles. The number of aromatic hydroxyl groups is 1. The summed E-state index contributed by atoms with van der Waals surface area (Å²) in [5.74, 6) is 0.290. The Morgan fingerprint density at radius 1 is 1.31 bits per heavy atom. The van der Waals surface area contributed by atoms with Gasteiger partial charge in [0.15, 0.2) is 0 Å². The molecule has 3 rings (SSSR count). The number of phenols is 1. The summed E-state index contributed by atoms with van der Waals surface area (Å²) in [6.45, 7) is 5.35. The molecule has 1 saturated heterocycles. The highest BCUT2D eigenvalue weighted by Gasteiger charge is 2.36. The van der Waals surface area contributed by atoms with Crippen molar-refractivity contribution in [3.05, 3.63) is 27.7 Å². The van der Waals surface area contributed by atoms with Gasteiger partial charge in [0.2, 0.25) is 10.3 Å². The van der Waals surface area contributed by atoms with E-state index in [1.54, 1.807) is 6.07 Å². The van der Waals surface area contributed by atoms with E-state index in [9.17, 15) is 9.32 Å². The summed E-state index contributed by atoms with van der Waals surface area (Å²) in [5.41, 5.74) is 6.42. The molecule has 2 aromatic rings. The van der Waals surface area contributed by atoms with E-state index in [2.05, 4.69) is 15.1 Å². The van der Waals surface area contributed by atoms with E-state index in [1.807, 2.05) is 13.8 Å². The highest BCUT2D eigenvalue weighted by molar-refractivity contribution is 7.84. The maximum Gasteiger partial charge on any atom is 0.209 e. The van der Waals surface area contributed by atoms with Crippen molar-refractivity contribution in [3.8, 4) is 5.75 Å². The van der Waals surface area contributed by atoms with Crippen molar-refractivity contribution in [3.63, 3.8) is 0 Å². The van der Waals surface area contributed by atoms with Gasteiger partial charge in [0.25, 0.3) is 0 Å². The van der Waals surface area contributed by atoms with E-state index in [4.69, 9.17) is 34.1 Å². The molecule has 2 atom stereocenters. The Balaban J connectivity index is 1.86. The lowest BCUT2D eigenvalue weighted by Gasteiger charge is -2.38. The fourth-order valence-corrected chi connectivity index (χ4v) is 5.17. The van der Waals surface area contributed by atoms with Crippen molar-refractivity contribution in [1.29, 1.82) is 0 Å². The standard InChI is InChI=1S/C18H25Cl2N5O2S2/c1-18(2,29(22)27)9-12(11-7-13(19)14(20)8-15(11)26)10-3-5-25(6-4-10)17-24-23-16(21)28-17/h7-8,10,12,26H,3-6,9,22H2,1-2H3,(H2,21,23)/t12-,29?/m1/s1. The van der Waals surface area contributed by atoms with Crippen molar-refractivity contribution in [2.45, 2.75) is 43.8 Å². The lowest BCUT2D eigenvalue weighted by Crippen LogP contribution is -2.39. The first-order valence-electron chi connectivity index (χ1n) is 9.26. The average molecular weight is 478 g/mol. The van der Waals surface area contributed by atoms with E-state index < -0.39 is 15.7 Å². The Labute approximate surface area is 187 Å². The normalized spacial score (nSPS) is 18.0. The average Bonchev–Trinajstić information content (AvgIpc) is 3.09. The van der Waals surface area contributed by atoms with Gasteiger partial charge >= 0.3 is 0 Å². The number of anilines is 2. The first-order chi connectivity index (χ1) is 13.6. The molecular formula is C18H25Cl2N5O2S2. The van der Waals surface area contributed by atoms with Crippen LogP contribution in [0.2, 0.25) is 10.0 Å². The fourth-order valence-electron chi connectivity index (χ4n) is 3.84. The first kappa shape index (κ1) is 22.6. The van der Waals surface area contributed by atoms with Crippen LogP contribution in [0.1, 0.15) is 44.6 Å². The van der Waals surface area contributed by atoms with Crippen LogP contribution < -0.4 is 15.8 Å². The van der Waals surface area contributed by atoms with Gasteiger partial charge in [0.05, 0.1) is 25.8 Å². The molecule has 29 heavy (non-hydrogen) atoms. The molecule has 0 aliphatic carbocycles. The summed E-state index contributed by atoms with van der Waals surface area (Å²) in [6, 6.07) is 3.19. The van der Waals surface area contributed by atoms with E-state index in [0.717, 1.165) is 36.6 Å². The number of halogens is 2. The fraction of sp³-hybridized carbons (Fsp3) is 0.556. The van der Waals surface area contributed by atoms with Gasteiger partial charge in [0.1, 0.15) is 5.75 Å². The molecule has 1 aromatic carbocycles. The Hall–Kier alpha value is -1.13. The summed E-state index contributed by atoms with van der Waals surface area (Å²) in [5, 5.41) is 26.3. The van der Waals surface area contributed by atoms with Gasteiger partial charge in [-0.15, -0.1) is 10.2 Å². The Morgan fingerprint density at radius 3 is 2.48 bits per heavy atom. The molecule has 7 nitrogen and oxygen atoms in total. The lowest BCUT2D eigenvalue weighted by molar-refractivity contribution is 0.304. The minimum Gasteiger partial charge on any atom is -0.508 e. The Kier molecular flexibility index (Phi) is 6.95. The monoisotopic (exact) mass is 477 g/mol. The van der Waals surface area contributed by atoms with Crippen LogP contribution >= 0.6 is 34.5 Å². The molecule has 0 spiro atoms. The van der Waals surface area contributed by atoms with Crippen molar-refractivity contribution in [2.75, 3.05) is 23.7 Å². The van der Waals surface area contributed by atoms with Crippen molar-refractivity contribution < 1.29 is 9.32 Å². The lowest BCUT2D eigenvalue weighted by atomic mass is 9.75. The number of nitrogens with two attached hydrogens (primary N) is 2. The molecule has 1 aliphatic heterocycles. The van der Waals surface area contributed by atoms with Gasteiger partial charge < -0.3 is 15.7 Å². The van der Waals surface area contributed by atoms with Crippen LogP contribution in [0.4, 0.5) is 10.3 Å². The number of nitrogens with zero attached hydrogens (tertiary/aromatic N) is 3. The van der Waals surface area contributed by atoms with E-state index in [0.29, 0.717) is 21.6 Å². The number of hydrogen-bond donors (Lipinski definition) is 3. The summed E-state index contributed by atoms with van der Waals surface area (Å²) >= 11 is 13.7. The van der Waals surface area contributed by atoms with Crippen LogP contribution in [-0.2, 0) is 11.0 Å². The molecule has 1 unspecified atom stereocenters. The van der Waals surface area contributed by atoms with Crippen LogP contribution in [0.15, 0.2) is 12.1 Å². The second-order valence-electron chi connectivity index (χ2n) is 7.94. The number of rotatable bonds is 6. The highest BCUT2D eigenvalue weighted by Crippen LogP contribution is 2.45. The summed E-state index contributed by atoms with van der Waals surface area (Å²) in [6.07, 6.45) is 2.30. The SMILES string of the molecule is CC(C)(C[C@@H](c1cc(Cl)c(Cl)cc1O)C1CCN(c2nnc(N)s2)CC1)S(N)=O. The number of benzene rings is 1. The second kappa shape index (κ2) is 8.93. The van der Waals surface area contributed by atoms with Gasteiger partial charge in [-0.05, 0) is 56.6 Å². The molecule has 2 heterocycles. The Bertz CT molecular complexity index is 900. The molecule has 11 heteroatoms. The second-order valence-corrected chi connectivity index (χ2v) is 11.4. The van der Waals surface area contributed by atoms with Crippen molar-refractivity contribution >= 4 is 55.8 Å². The number of hydrogen-bond acceptors (Lipinski definition) is 7. The van der Waals surface area contributed by atoms with Crippen LogP contribution in [0.5, 0.6) is 5.75 Å². The quantitative estimate of drug-likeness (QED) is 0.579. The van der Waals surface area contributed by atoms with Crippen molar-refractivity contribution in [2.24, 2.45) is 11.1 Å². The molecule has 1 fully saturated rings. The third-order valence-electron chi connectivity index (χ3n) is 5.53. The topological polar surface area (TPSA) is 118 Å². The predicted octanol–water partition coefficient (Wildman–Crippen LogP) is 3.92.